The lowest BCUT2D eigenvalue weighted by atomic mass is 9.94. The van der Waals surface area contributed by atoms with Gasteiger partial charge < -0.3 is 5.32 Å². The van der Waals surface area contributed by atoms with Crippen molar-refractivity contribution >= 4 is 0 Å². The smallest absolute Gasteiger partial charge is 0.0353 e. The quantitative estimate of drug-likeness (QED) is 0.807. The van der Waals surface area contributed by atoms with Crippen molar-refractivity contribution in [3.05, 3.63) is 35.9 Å². The zero-order valence-electron chi connectivity index (χ0n) is 14.2. The summed E-state index contributed by atoms with van der Waals surface area (Å²) in [5.41, 5.74) is 1.47. The minimum atomic E-state index is 0.536. The van der Waals surface area contributed by atoms with Crippen molar-refractivity contribution in [3.63, 3.8) is 0 Å². The molecule has 1 aliphatic heterocycles. The Morgan fingerprint density at radius 2 is 1.86 bits per heavy atom. The summed E-state index contributed by atoms with van der Waals surface area (Å²) < 4.78 is 0. The van der Waals surface area contributed by atoms with Crippen molar-refractivity contribution in [1.82, 2.24) is 10.2 Å². The molecule has 0 spiro atoms. The molecule has 0 radical (unpaired) electrons. The average Bonchev–Trinajstić information content (AvgIpc) is 2.96. The Morgan fingerprint density at radius 1 is 1.14 bits per heavy atom. The molecule has 1 saturated heterocycles. The molecular weight excluding hydrogens is 256 g/mol. The number of nitrogens with zero attached hydrogens (tertiary/aromatic N) is 1. The molecule has 0 aliphatic carbocycles. The van der Waals surface area contributed by atoms with Crippen molar-refractivity contribution in [2.75, 3.05) is 13.1 Å². The Labute approximate surface area is 130 Å². The van der Waals surface area contributed by atoms with Gasteiger partial charge in [-0.2, -0.15) is 0 Å². The van der Waals surface area contributed by atoms with Crippen LogP contribution in [0.4, 0.5) is 0 Å². The maximum Gasteiger partial charge on any atom is 0.0353 e. The summed E-state index contributed by atoms with van der Waals surface area (Å²) in [5.74, 6) is 0.716. The first kappa shape index (κ1) is 16.5. The minimum absolute atomic E-state index is 0.536. The van der Waals surface area contributed by atoms with Gasteiger partial charge in [-0.25, -0.2) is 0 Å². The molecule has 0 amide bonds. The minimum Gasteiger partial charge on any atom is -0.313 e. The van der Waals surface area contributed by atoms with Crippen molar-refractivity contribution < 1.29 is 0 Å². The van der Waals surface area contributed by atoms with Gasteiger partial charge in [-0.1, -0.05) is 44.2 Å². The predicted molar refractivity (Wildman–Crippen MR) is 91.5 cm³/mol. The largest absolute Gasteiger partial charge is 0.313 e. The van der Waals surface area contributed by atoms with Gasteiger partial charge in [0.2, 0.25) is 0 Å². The molecule has 2 unspecified atom stereocenters. The van der Waals surface area contributed by atoms with E-state index in [9.17, 15) is 0 Å². The zero-order chi connectivity index (χ0) is 15.2. The van der Waals surface area contributed by atoms with Gasteiger partial charge in [-0.15, -0.1) is 0 Å². The molecule has 1 aromatic rings. The van der Waals surface area contributed by atoms with E-state index in [2.05, 4.69) is 68.2 Å². The monoisotopic (exact) mass is 288 g/mol. The van der Waals surface area contributed by atoms with Gasteiger partial charge in [0.05, 0.1) is 0 Å². The molecule has 2 rings (SSSR count). The molecule has 118 valence electrons. The number of hydrogen-bond acceptors (Lipinski definition) is 2. The summed E-state index contributed by atoms with van der Waals surface area (Å²) >= 11 is 0. The third-order valence-corrected chi connectivity index (χ3v) is 4.54. The van der Waals surface area contributed by atoms with Gasteiger partial charge in [0, 0.05) is 24.7 Å². The normalized spacial score (nSPS) is 20.6. The summed E-state index contributed by atoms with van der Waals surface area (Å²) in [6.45, 7) is 11.7. The van der Waals surface area contributed by atoms with Gasteiger partial charge in [-0.3, -0.25) is 4.90 Å². The first-order valence-corrected chi connectivity index (χ1v) is 8.62. The van der Waals surface area contributed by atoms with Crippen LogP contribution in [-0.4, -0.2) is 30.1 Å². The summed E-state index contributed by atoms with van der Waals surface area (Å²) in [7, 11) is 0. The number of hydrogen-bond donors (Lipinski definition) is 1. The summed E-state index contributed by atoms with van der Waals surface area (Å²) in [4.78, 5) is 2.71. The Hall–Kier alpha value is -0.860. The highest BCUT2D eigenvalue weighted by Crippen LogP contribution is 2.30. The van der Waals surface area contributed by atoms with E-state index < -0.39 is 0 Å². The van der Waals surface area contributed by atoms with Gasteiger partial charge in [0.25, 0.3) is 0 Å². The van der Waals surface area contributed by atoms with Crippen LogP contribution >= 0.6 is 0 Å². The molecule has 1 fully saturated rings. The van der Waals surface area contributed by atoms with E-state index in [1.165, 1.54) is 37.9 Å². The van der Waals surface area contributed by atoms with E-state index in [0.29, 0.717) is 24.0 Å². The first-order valence-electron chi connectivity index (χ1n) is 8.62. The summed E-state index contributed by atoms with van der Waals surface area (Å²) in [6, 6.07) is 12.9. The van der Waals surface area contributed by atoms with Crippen LogP contribution in [0, 0.1) is 5.92 Å². The average molecular weight is 288 g/mol. The lowest BCUT2D eigenvalue weighted by Gasteiger charge is -2.38. The fourth-order valence-corrected chi connectivity index (χ4v) is 3.45. The molecular formula is C19H32N2. The van der Waals surface area contributed by atoms with Crippen molar-refractivity contribution in [2.45, 2.75) is 65.1 Å². The van der Waals surface area contributed by atoms with E-state index in [1.54, 1.807) is 0 Å². The maximum atomic E-state index is 3.66. The fraction of sp³-hybridized carbons (Fsp3) is 0.684. The second-order valence-electron chi connectivity index (χ2n) is 7.14. The lowest BCUT2D eigenvalue weighted by molar-refractivity contribution is 0.122. The third-order valence-electron chi connectivity index (χ3n) is 4.54. The molecule has 0 aromatic heterocycles. The van der Waals surface area contributed by atoms with Crippen LogP contribution in [0.5, 0.6) is 0 Å². The molecule has 1 aromatic carbocycles. The second-order valence-corrected chi connectivity index (χ2v) is 7.14. The zero-order valence-corrected chi connectivity index (χ0v) is 14.2. The highest BCUT2D eigenvalue weighted by molar-refractivity contribution is 5.19. The van der Waals surface area contributed by atoms with Gasteiger partial charge in [0.15, 0.2) is 0 Å². The topological polar surface area (TPSA) is 15.3 Å². The molecule has 2 heteroatoms. The van der Waals surface area contributed by atoms with Gasteiger partial charge in [-0.05, 0) is 51.1 Å². The SMILES string of the molecule is CC(C)CC(c1ccccc1)N(CC1CCCN1)C(C)C. The number of benzene rings is 1. The molecule has 1 N–H and O–H groups in total. The fourth-order valence-electron chi connectivity index (χ4n) is 3.45. The Kier molecular flexibility index (Phi) is 6.25. The van der Waals surface area contributed by atoms with E-state index in [-0.39, 0.29) is 0 Å². The standard InChI is InChI=1S/C19H32N2/c1-15(2)13-19(17-9-6-5-7-10-17)21(16(3)4)14-18-11-8-12-20-18/h5-7,9-10,15-16,18-20H,8,11-14H2,1-4H3. The maximum absolute atomic E-state index is 3.66. The van der Waals surface area contributed by atoms with Crippen molar-refractivity contribution in [3.8, 4) is 0 Å². The highest BCUT2D eigenvalue weighted by atomic mass is 15.2. The molecule has 2 nitrogen and oxygen atoms in total. The first-order chi connectivity index (χ1) is 10.1. The van der Waals surface area contributed by atoms with Crippen molar-refractivity contribution in [1.29, 1.82) is 0 Å². The van der Waals surface area contributed by atoms with Crippen LogP contribution in [0.2, 0.25) is 0 Å². The van der Waals surface area contributed by atoms with Gasteiger partial charge >= 0.3 is 0 Å². The van der Waals surface area contributed by atoms with Crippen LogP contribution in [0.1, 0.15) is 58.6 Å². The highest BCUT2D eigenvalue weighted by Gasteiger charge is 2.27. The number of rotatable bonds is 7. The van der Waals surface area contributed by atoms with Crippen LogP contribution in [0.3, 0.4) is 0 Å². The lowest BCUT2D eigenvalue weighted by Crippen LogP contribution is -2.43. The Balaban J connectivity index is 2.17. The Morgan fingerprint density at radius 3 is 2.38 bits per heavy atom. The molecule has 1 aliphatic rings. The molecule has 1 heterocycles. The molecule has 0 bridgehead atoms. The van der Waals surface area contributed by atoms with Gasteiger partial charge in [0.1, 0.15) is 0 Å². The van der Waals surface area contributed by atoms with Crippen LogP contribution < -0.4 is 5.32 Å². The summed E-state index contributed by atoms with van der Waals surface area (Å²) in [5, 5.41) is 3.66. The third kappa shape index (κ3) is 4.82. The van der Waals surface area contributed by atoms with E-state index in [0.717, 1.165) is 0 Å². The second kappa shape index (κ2) is 7.95. The van der Waals surface area contributed by atoms with E-state index in [1.807, 2.05) is 0 Å². The molecule has 21 heavy (non-hydrogen) atoms. The van der Waals surface area contributed by atoms with Crippen LogP contribution in [-0.2, 0) is 0 Å². The molecule has 0 saturated carbocycles. The van der Waals surface area contributed by atoms with Crippen LogP contribution in [0.25, 0.3) is 0 Å². The van der Waals surface area contributed by atoms with E-state index in [4.69, 9.17) is 0 Å². The van der Waals surface area contributed by atoms with Crippen LogP contribution in [0.15, 0.2) is 30.3 Å². The number of nitrogens with one attached hydrogen (secondary N) is 1. The van der Waals surface area contributed by atoms with Crippen molar-refractivity contribution in [2.24, 2.45) is 5.92 Å². The predicted octanol–water partition coefficient (Wildman–Crippen LogP) is 4.24. The summed E-state index contributed by atoms with van der Waals surface area (Å²) in [6.07, 6.45) is 3.89. The molecule has 2 atom stereocenters. The Bertz CT molecular complexity index is 393. The van der Waals surface area contributed by atoms with E-state index >= 15 is 0 Å².